The third kappa shape index (κ3) is 4.83. The van der Waals surface area contributed by atoms with E-state index in [1.165, 1.54) is 11.8 Å². The van der Waals surface area contributed by atoms with Crippen molar-refractivity contribution in [3.63, 3.8) is 0 Å². The van der Waals surface area contributed by atoms with Crippen LogP contribution in [0.4, 0.5) is 0 Å². The highest BCUT2D eigenvalue weighted by atomic mass is 16.5. The molecule has 1 unspecified atom stereocenters. The summed E-state index contributed by atoms with van der Waals surface area (Å²) in [6.07, 6.45) is 3.45. The van der Waals surface area contributed by atoms with E-state index in [1.807, 2.05) is 24.3 Å². The van der Waals surface area contributed by atoms with Crippen LogP contribution in [-0.4, -0.2) is 57.3 Å². The number of piperidine rings is 1. The normalized spacial score (nSPS) is 17.6. The summed E-state index contributed by atoms with van der Waals surface area (Å²) in [5, 5.41) is 19.1. The first-order valence-electron chi connectivity index (χ1n) is 12.4. The molecule has 0 bridgehead atoms. The number of hydrogen-bond acceptors (Lipinski definition) is 6. The Morgan fingerprint density at radius 2 is 1.51 bits per heavy atom. The lowest BCUT2D eigenvalue weighted by Gasteiger charge is -2.48. The molecule has 7 heteroatoms. The van der Waals surface area contributed by atoms with Gasteiger partial charge in [0.05, 0.1) is 30.6 Å². The van der Waals surface area contributed by atoms with E-state index in [9.17, 15) is 9.90 Å². The topological polar surface area (TPSA) is 80.5 Å². The number of carbonyl (C=O) groups is 1. The van der Waals surface area contributed by atoms with Gasteiger partial charge in [-0.05, 0) is 34.8 Å². The monoisotopic (exact) mass is 494 g/mol. The number of rotatable bonds is 7. The van der Waals surface area contributed by atoms with Crippen LogP contribution in [0.1, 0.15) is 28.8 Å². The molecule has 1 aliphatic rings. The molecule has 4 aromatic rings. The largest absolute Gasteiger partial charge is 0.468 e. The number of hydrogen-bond donors (Lipinski definition) is 1. The van der Waals surface area contributed by atoms with Crippen molar-refractivity contribution in [1.82, 2.24) is 19.9 Å². The Kier molecular flexibility index (Phi) is 7.25. The highest BCUT2D eigenvalue weighted by Gasteiger charge is 2.44. The maximum atomic E-state index is 11.9. The first-order chi connectivity index (χ1) is 18.1. The molecule has 1 aromatic heterocycles. The number of aromatic nitrogens is 3. The Labute approximate surface area is 216 Å². The fraction of sp³-hybridized carbons (Fsp3) is 0.233. The van der Waals surface area contributed by atoms with Gasteiger partial charge in [0.15, 0.2) is 0 Å². The summed E-state index contributed by atoms with van der Waals surface area (Å²) < 4.78 is 6.28. The first-order valence-corrected chi connectivity index (χ1v) is 12.4. The molecule has 37 heavy (non-hydrogen) atoms. The van der Waals surface area contributed by atoms with Crippen molar-refractivity contribution in [2.75, 3.05) is 20.2 Å². The van der Waals surface area contributed by atoms with Crippen LogP contribution in [0.2, 0.25) is 0 Å². The highest BCUT2D eigenvalue weighted by molar-refractivity contribution is 5.69. The summed E-state index contributed by atoms with van der Waals surface area (Å²) >= 11 is 0. The fourth-order valence-corrected chi connectivity index (χ4v) is 5.26. The zero-order valence-corrected chi connectivity index (χ0v) is 20.8. The maximum absolute atomic E-state index is 11.9. The van der Waals surface area contributed by atoms with E-state index in [0.717, 1.165) is 22.3 Å². The molecule has 7 nitrogen and oxygen atoms in total. The summed E-state index contributed by atoms with van der Waals surface area (Å²) in [4.78, 5) is 14.3. The molecule has 3 aromatic carbocycles. The van der Waals surface area contributed by atoms with Gasteiger partial charge in [-0.15, -0.1) is 5.10 Å². The van der Waals surface area contributed by atoms with Gasteiger partial charge < -0.3 is 9.84 Å². The highest BCUT2D eigenvalue weighted by Crippen LogP contribution is 2.44. The fourth-order valence-electron chi connectivity index (χ4n) is 5.26. The molecule has 1 N–H and O–H groups in total. The van der Waals surface area contributed by atoms with Crippen LogP contribution in [-0.2, 0) is 21.6 Å². The molecule has 188 valence electrons. The molecular weight excluding hydrogens is 464 g/mol. The number of likely N-dealkylation sites (tertiary alicyclic amines) is 1. The Morgan fingerprint density at radius 3 is 2.03 bits per heavy atom. The van der Waals surface area contributed by atoms with Gasteiger partial charge in [-0.25, -0.2) is 4.68 Å². The van der Waals surface area contributed by atoms with Crippen molar-refractivity contribution in [1.29, 1.82) is 0 Å². The number of aliphatic hydroxyl groups excluding tert-OH is 1. The predicted molar refractivity (Wildman–Crippen MR) is 141 cm³/mol. The van der Waals surface area contributed by atoms with E-state index in [4.69, 9.17) is 4.74 Å². The van der Waals surface area contributed by atoms with Gasteiger partial charge in [-0.1, -0.05) is 96.2 Å². The lowest BCUT2D eigenvalue weighted by atomic mass is 9.74. The maximum Gasteiger partial charge on any atom is 0.327 e. The molecule has 1 fully saturated rings. The Balaban J connectivity index is 1.64. The van der Waals surface area contributed by atoms with Gasteiger partial charge in [-0.2, -0.15) is 0 Å². The summed E-state index contributed by atoms with van der Waals surface area (Å²) in [6.45, 7) is 1.16. The number of nitrogens with zero attached hydrogens (tertiary/aromatic N) is 4. The Hall–Kier alpha value is -4.07. The van der Waals surface area contributed by atoms with Crippen LogP contribution in [0.3, 0.4) is 0 Å². The lowest BCUT2D eigenvalue weighted by Crippen LogP contribution is -2.52. The van der Waals surface area contributed by atoms with Gasteiger partial charge in [0.25, 0.3) is 0 Å². The van der Waals surface area contributed by atoms with Crippen molar-refractivity contribution < 1.29 is 14.6 Å². The molecule has 0 spiro atoms. The number of methoxy groups -OCH3 is 1. The van der Waals surface area contributed by atoms with E-state index in [-0.39, 0.29) is 6.54 Å². The SMILES string of the molecule is COC(=O)Cn1nncc1C=C1CN(C(c2ccccc2)(c2ccccc2)c2ccccc2)CCC1O. The van der Waals surface area contributed by atoms with Gasteiger partial charge in [0.2, 0.25) is 0 Å². The molecule has 0 radical (unpaired) electrons. The lowest BCUT2D eigenvalue weighted by molar-refractivity contribution is -0.141. The summed E-state index contributed by atoms with van der Waals surface area (Å²) in [6, 6.07) is 31.6. The molecule has 0 saturated carbocycles. The van der Waals surface area contributed by atoms with E-state index >= 15 is 0 Å². The molecule has 1 saturated heterocycles. The average molecular weight is 495 g/mol. The second-order valence-corrected chi connectivity index (χ2v) is 9.15. The van der Waals surface area contributed by atoms with E-state index < -0.39 is 17.6 Å². The van der Waals surface area contributed by atoms with E-state index in [2.05, 4.69) is 88.0 Å². The minimum atomic E-state index is -0.613. The molecule has 1 atom stereocenters. The van der Waals surface area contributed by atoms with Crippen molar-refractivity contribution in [2.24, 2.45) is 0 Å². The van der Waals surface area contributed by atoms with Crippen LogP contribution in [0, 0.1) is 0 Å². The molecule has 0 aliphatic carbocycles. The van der Waals surface area contributed by atoms with Crippen molar-refractivity contribution >= 4 is 12.0 Å². The number of benzene rings is 3. The van der Waals surface area contributed by atoms with Crippen molar-refractivity contribution in [3.05, 3.63) is 125 Å². The van der Waals surface area contributed by atoms with Gasteiger partial charge in [0.1, 0.15) is 6.54 Å². The van der Waals surface area contributed by atoms with Gasteiger partial charge in [-0.3, -0.25) is 9.69 Å². The van der Waals surface area contributed by atoms with Crippen LogP contribution in [0.15, 0.2) is 103 Å². The predicted octanol–water partition coefficient (Wildman–Crippen LogP) is 3.89. The third-order valence-electron chi connectivity index (χ3n) is 7.01. The molecule has 2 heterocycles. The second kappa shape index (κ2) is 10.9. The smallest absolute Gasteiger partial charge is 0.327 e. The van der Waals surface area contributed by atoms with E-state index in [0.29, 0.717) is 25.2 Å². The van der Waals surface area contributed by atoms with E-state index in [1.54, 1.807) is 6.20 Å². The standard InChI is InChI=1S/C30H30N4O3/c1-37-29(36)22-34-27(20-31-32-34)19-23-21-33(18-17-28(23)35)30(24-11-5-2-6-12-24,25-13-7-3-8-14-25)26-15-9-4-10-16-26/h2-16,19-20,28,35H,17-18,21-22H2,1H3. The summed E-state index contributed by atoms with van der Waals surface area (Å²) in [5.41, 5.74) is 4.37. The second-order valence-electron chi connectivity index (χ2n) is 9.15. The third-order valence-corrected chi connectivity index (χ3v) is 7.01. The minimum absolute atomic E-state index is 0.0442. The molecule has 0 amide bonds. The zero-order valence-electron chi connectivity index (χ0n) is 20.8. The zero-order chi connectivity index (χ0) is 25.7. The molecular formula is C30H30N4O3. The first kappa shape index (κ1) is 24.6. The van der Waals surface area contributed by atoms with Crippen LogP contribution >= 0.6 is 0 Å². The van der Waals surface area contributed by atoms with Crippen LogP contribution in [0.25, 0.3) is 6.08 Å². The quantitative estimate of drug-likeness (QED) is 0.310. The number of aliphatic hydroxyl groups is 1. The number of carbonyl (C=O) groups excluding carboxylic acids is 1. The Bertz CT molecular complexity index is 1260. The Morgan fingerprint density at radius 1 is 0.973 bits per heavy atom. The van der Waals surface area contributed by atoms with Crippen molar-refractivity contribution in [2.45, 2.75) is 24.6 Å². The number of esters is 1. The van der Waals surface area contributed by atoms with Crippen LogP contribution < -0.4 is 0 Å². The molecule has 1 aliphatic heterocycles. The van der Waals surface area contributed by atoms with Gasteiger partial charge in [0, 0.05) is 13.1 Å². The minimum Gasteiger partial charge on any atom is -0.468 e. The summed E-state index contributed by atoms with van der Waals surface area (Å²) in [5.74, 6) is -0.410. The number of ether oxygens (including phenoxy) is 1. The van der Waals surface area contributed by atoms with Crippen molar-refractivity contribution in [3.8, 4) is 0 Å². The summed E-state index contributed by atoms with van der Waals surface area (Å²) in [7, 11) is 1.34. The van der Waals surface area contributed by atoms with Gasteiger partial charge >= 0.3 is 5.97 Å². The molecule has 5 rings (SSSR count). The van der Waals surface area contributed by atoms with Crippen LogP contribution in [0.5, 0.6) is 0 Å². The average Bonchev–Trinajstić information content (AvgIpc) is 3.38.